The molecule has 1 N–H and O–H groups in total. The number of hydrogen-bond donors (Lipinski definition) is 1. The van der Waals surface area contributed by atoms with E-state index in [1.54, 1.807) is 32.9 Å². The second-order valence-corrected chi connectivity index (χ2v) is 8.02. The van der Waals surface area contributed by atoms with Crippen molar-refractivity contribution in [3.8, 4) is 11.6 Å². The predicted octanol–water partition coefficient (Wildman–Crippen LogP) is 4.30. The summed E-state index contributed by atoms with van der Waals surface area (Å²) >= 11 is 0. The SMILES string of the molecule is CN1C(=O)C(NC(=O)OC(C)(C)C)Cc2cccc(Oc3ncccc3C(F)(F)F)c21. The van der Waals surface area contributed by atoms with Gasteiger partial charge in [0.1, 0.15) is 17.2 Å². The number of pyridine rings is 1. The molecule has 0 fully saturated rings. The van der Waals surface area contributed by atoms with E-state index in [0.717, 1.165) is 6.07 Å². The molecule has 3 rings (SSSR count). The van der Waals surface area contributed by atoms with Crippen molar-refractivity contribution in [2.45, 2.75) is 45.0 Å². The van der Waals surface area contributed by atoms with Gasteiger partial charge in [0.25, 0.3) is 0 Å². The number of amides is 2. The summed E-state index contributed by atoms with van der Waals surface area (Å²) in [5.41, 5.74) is -0.827. The molecule has 2 aromatic rings. The van der Waals surface area contributed by atoms with Crippen LogP contribution in [0.5, 0.6) is 11.6 Å². The van der Waals surface area contributed by atoms with Crippen molar-refractivity contribution in [1.29, 1.82) is 0 Å². The van der Waals surface area contributed by atoms with Crippen LogP contribution in [0.2, 0.25) is 0 Å². The molecule has 1 atom stereocenters. The second-order valence-electron chi connectivity index (χ2n) is 8.02. The third-order valence-electron chi connectivity index (χ3n) is 4.44. The number of likely N-dealkylation sites (N-methyl/N-ethyl adjacent to an activating group) is 1. The van der Waals surface area contributed by atoms with Gasteiger partial charge in [0.05, 0.1) is 5.69 Å². The van der Waals surface area contributed by atoms with Crippen LogP contribution in [0.25, 0.3) is 0 Å². The zero-order chi connectivity index (χ0) is 23.0. The average molecular weight is 437 g/mol. The Balaban J connectivity index is 1.89. The van der Waals surface area contributed by atoms with E-state index in [4.69, 9.17) is 9.47 Å². The number of aromatic nitrogens is 1. The normalized spacial score (nSPS) is 16.5. The van der Waals surface area contributed by atoms with Gasteiger partial charge in [0, 0.05) is 19.7 Å². The van der Waals surface area contributed by atoms with E-state index in [0.29, 0.717) is 11.3 Å². The summed E-state index contributed by atoms with van der Waals surface area (Å²) in [5, 5.41) is 2.54. The lowest BCUT2D eigenvalue weighted by atomic mass is 9.97. The van der Waals surface area contributed by atoms with Crippen LogP contribution in [0, 0.1) is 0 Å². The van der Waals surface area contributed by atoms with Gasteiger partial charge in [-0.2, -0.15) is 13.2 Å². The van der Waals surface area contributed by atoms with Crippen molar-refractivity contribution in [3.05, 3.63) is 47.7 Å². The number of alkyl carbamates (subject to hydrolysis) is 1. The molecule has 1 aromatic carbocycles. The Morgan fingerprint density at radius 2 is 1.90 bits per heavy atom. The third kappa shape index (κ3) is 5.07. The first-order valence-electron chi connectivity index (χ1n) is 9.46. The summed E-state index contributed by atoms with van der Waals surface area (Å²) in [7, 11) is 1.46. The molecule has 0 saturated carbocycles. The molecule has 0 aliphatic carbocycles. The molecular formula is C21H22F3N3O4. The lowest BCUT2D eigenvalue weighted by Gasteiger charge is -2.33. The number of nitrogens with zero attached hydrogens (tertiary/aromatic N) is 2. The van der Waals surface area contributed by atoms with E-state index >= 15 is 0 Å². The molecular weight excluding hydrogens is 415 g/mol. The number of carbonyl (C=O) groups is 2. The number of para-hydroxylation sites is 1. The largest absolute Gasteiger partial charge is 0.444 e. The first kappa shape index (κ1) is 22.4. The highest BCUT2D eigenvalue weighted by Crippen LogP contribution is 2.41. The molecule has 166 valence electrons. The van der Waals surface area contributed by atoms with Crippen molar-refractivity contribution in [2.24, 2.45) is 0 Å². The number of halogens is 3. The summed E-state index contributed by atoms with van der Waals surface area (Å²) in [5.74, 6) is -1.02. The summed E-state index contributed by atoms with van der Waals surface area (Å²) in [6, 6.07) is 5.91. The maximum absolute atomic E-state index is 13.3. The predicted molar refractivity (Wildman–Crippen MR) is 106 cm³/mol. The van der Waals surface area contributed by atoms with Crippen LogP contribution in [0.4, 0.5) is 23.7 Å². The van der Waals surface area contributed by atoms with Crippen LogP contribution >= 0.6 is 0 Å². The molecule has 10 heteroatoms. The Morgan fingerprint density at radius 3 is 2.55 bits per heavy atom. The van der Waals surface area contributed by atoms with Gasteiger partial charge in [-0.3, -0.25) is 4.79 Å². The maximum atomic E-state index is 13.3. The number of carbonyl (C=O) groups excluding carboxylic acids is 2. The van der Waals surface area contributed by atoms with Gasteiger partial charge in [-0.25, -0.2) is 9.78 Å². The zero-order valence-electron chi connectivity index (χ0n) is 17.4. The van der Waals surface area contributed by atoms with Gasteiger partial charge in [-0.15, -0.1) is 0 Å². The Kier molecular flexibility index (Phi) is 5.84. The number of alkyl halides is 3. The van der Waals surface area contributed by atoms with Crippen LogP contribution in [0.3, 0.4) is 0 Å². The molecule has 1 aliphatic heterocycles. The molecule has 0 radical (unpaired) electrons. The molecule has 1 aliphatic rings. The Morgan fingerprint density at radius 1 is 1.19 bits per heavy atom. The first-order chi connectivity index (χ1) is 14.4. The quantitative estimate of drug-likeness (QED) is 0.774. The lowest BCUT2D eigenvalue weighted by Crippen LogP contribution is -2.52. The van der Waals surface area contributed by atoms with Crippen LogP contribution in [-0.2, 0) is 22.1 Å². The highest BCUT2D eigenvalue weighted by atomic mass is 19.4. The molecule has 0 bridgehead atoms. The monoisotopic (exact) mass is 437 g/mol. The van der Waals surface area contributed by atoms with Crippen LogP contribution in [0.15, 0.2) is 36.5 Å². The number of benzene rings is 1. The van der Waals surface area contributed by atoms with Gasteiger partial charge >= 0.3 is 12.3 Å². The minimum absolute atomic E-state index is 0.0493. The third-order valence-corrected chi connectivity index (χ3v) is 4.44. The number of ether oxygens (including phenoxy) is 2. The molecule has 2 amide bonds. The molecule has 7 nitrogen and oxygen atoms in total. The van der Waals surface area contributed by atoms with E-state index in [2.05, 4.69) is 10.3 Å². The molecule has 1 unspecified atom stereocenters. The van der Waals surface area contributed by atoms with Crippen molar-refractivity contribution < 1.29 is 32.2 Å². The highest BCUT2D eigenvalue weighted by Gasteiger charge is 2.37. The minimum Gasteiger partial charge on any atom is -0.444 e. The summed E-state index contributed by atoms with van der Waals surface area (Å²) in [6.07, 6.45) is -4.07. The number of fused-ring (bicyclic) bond motifs is 1. The first-order valence-corrected chi connectivity index (χ1v) is 9.46. The van der Waals surface area contributed by atoms with E-state index < -0.39 is 41.3 Å². The Bertz CT molecular complexity index is 1000. The van der Waals surface area contributed by atoms with E-state index in [1.807, 2.05) is 0 Å². The molecule has 0 saturated heterocycles. The molecule has 0 spiro atoms. The maximum Gasteiger partial charge on any atom is 0.421 e. The number of anilines is 1. The van der Waals surface area contributed by atoms with Crippen molar-refractivity contribution in [3.63, 3.8) is 0 Å². The van der Waals surface area contributed by atoms with Gasteiger partial charge in [-0.1, -0.05) is 12.1 Å². The molecule has 2 heterocycles. The van der Waals surface area contributed by atoms with Crippen molar-refractivity contribution in [1.82, 2.24) is 10.3 Å². The van der Waals surface area contributed by atoms with Gasteiger partial charge in [-0.05, 0) is 44.5 Å². The number of rotatable bonds is 3. The zero-order valence-corrected chi connectivity index (χ0v) is 17.4. The van der Waals surface area contributed by atoms with Crippen LogP contribution in [-0.4, -0.2) is 35.7 Å². The van der Waals surface area contributed by atoms with E-state index in [9.17, 15) is 22.8 Å². The molecule has 31 heavy (non-hydrogen) atoms. The lowest BCUT2D eigenvalue weighted by molar-refractivity contribution is -0.138. The summed E-state index contributed by atoms with van der Waals surface area (Å²) in [4.78, 5) is 29.9. The topological polar surface area (TPSA) is 80.8 Å². The van der Waals surface area contributed by atoms with Crippen LogP contribution < -0.4 is 15.0 Å². The fraction of sp³-hybridized carbons (Fsp3) is 0.381. The smallest absolute Gasteiger partial charge is 0.421 e. The number of hydrogen-bond acceptors (Lipinski definition) is 5. The molecule has 1 aromatic heterocycles. The Labute approximate surface area is 177 Å². The standard InChI is InChI=1S/C21H22F3N3O4/c1-20(2,3)31-19(29)26-14-11-12-7-5-9-15(16(12)27(4)18(14)28)30-17-13(21(22,23)24)8-6-10-25-17/h5-10,14H,11H2,1-4H3,(H,26,29). The number of nitrogens with one attached hydrogen (secondary N) is 1. The fourth-order valence-electron chi connectivity index (χ4n) is 3.20. The van der Waals surface area contributed by atoms with Crippen molar-refractivity contribution in [2.75, 3.05) is 11.9 Å². The average Bonchev–Trinajstić information content (AvgIpc) is 2.64. The van der Waals surface area contributed by atoms with Crippen molar-refractivity contribution >= 4 is 17.7 Å². The highest BCUT2D eigenvalue weighted by molar-refractivity contribution is 6.02. The summed E-state index contributed by atoms with van der Waals surface area (Å²) in [6.45, 7) is 5.10. The minimum atomic E-state index is -4.65. The van der Waals surface area contributed by atoms with Gasteiger partial charge < -0.3 is 19.7 Å². The van der Waals surface area contributed by atoms with Gasteiger partial charge in [0.2, 0.25) is 11.8 Å². The fourth-order valence-corrected chi connectivity index (χ4v) is 3.20. The van der Waals surface area contributed by atoms with E-state index in [1.165, 1.54) is 30.3 Å². The summed E-state index contributed by atoms with van der Waals surface area (Å²) < 4.78 is 50.5. The van der Waals surface area contributed by atoms with Crippen LogP contribution in [0.1, 0.15) is 31.9 Å². The van der Waals surface area contributed by atoms with Gasteiger partial charge in [0.15, 0.2) is 5.75 Å². The van der Waals surface area contributed by atoms with E-state index in [-0.39, 0.29) is 12.2 Å². The Hall–Kier alpha value is -3.30. The second kappa shape index (κ2) is 8.09.